The Morgan fingerprint density at radius 1 is 1.29 bits per heavy atom. The lowest BCUT2D eigenvalue weighted by Gasteiger charge is -2.29. The Hall–Kier alpha value is -3.21. The van der Waals surface area contributed by atoms with Crippen molar-refractivity contribution in [2.75, 3.05) is 55.4 Å². The zero-order chi connectivity index (χ0) is 24.1. The molecule has 180 valence electrons. The highest BCUT2D eigenvalue weighted by atomic mass is 32.1. The van der Waals surface area contributed by atoms with Crippen molar-refractivity contribution in [1.29, 1.82) is 0 Å². The van der Waals surface area contributed by atoms with E-state index in [1.54, 1.807) is 23.2 Å². The first-order chi connectivity index (χ1) is 16.4. The van der Waals surface area contributed by atoms with E-state index in [4.69, 9.17) is 4.74 Å². The third-order valence-electron chi connectivity index (χ3n) is 5.70. The van der Waals surface area contributed by atoms with Crippen LogP contribution in [0.1, 0.15) is 29.3 Å². The number of ether oxygens (including phenoxy) is 1. The Labute approximate surface area is 203 Å². The van der Waals surface area contributed by atoms with Crippen molar-refractivity contribution >= 4 is 34.7 Å². The maximum absolute atomic E-state index is 13.5. The Kier molecular flexibility index (Phi) is 7.30. The van der Waals surface area contributed by atoms with E-state index >= 15 is 0 Å². The first-order valence-corrected chi connectivity index (χ1v) is 12.2. The van der Waals surface area contributed by atoms with Crippen molar-refractivity contribution < 1.29 is 14.6 Å². The maximum Gasteiger partial charge on any atom is 0.263 e. The predicted octanol–water partition coefficient (Wildman–Crippen LogP) is 2.90. The first kappa shape index (κ1) is 23.9. The van der Waals surface area contributed by atoms with Crippen LogP contribution in [0.5, 0.6) is 5.75 Å². The summed E-state index contributed by atoms with van der Waals surface area (Å²) in [6.45, 7) is 4.32. The van der Waals surface area contributed by atoms with Gasteiger partial charge in [-0.1, -0.05) is 6.07 Å². The van der Waals surface area contributed by atoms with Gasteiger partial charge >= 0.3 is 0 Å². The third-order valence-corrected chi connectivity index (χ3v) is 6.39. The Bertz CT molecular complexity index is 1130. The number of benzene rings is 1. The number of nitrogens with one attached hydrogen (secondary N) is 2. The molecule has 2 aromatic heterocycles. The standard InChI is InChI=1S/C24H30N6O3S/c1-4-26-23-27-15-20-21(28-23)29(3)11-12-30(22(20)31)18-6-5-7-19(14-18)33-24(32,9-10-25-2)17-8-13-34-16-17/h5-8,13-16,25,32H,4,9-12H2,1-3H3,(H,26,27,28). The summed E-state index contributed by atoms with van der Waals surface area (Å²) in [4.78, 5) is 26.0. The van der Waals surface area contributed by atoms with Gasteiger partial charge in [0.25, 0.3) is 5.91 Å². The van der Waals surface area contributed by atoms with Gasteiger partial charge in [0, 0.05) is 68.5 Å². The zero-order valence-corrected chi connectivity index (χ0v) is 20.4. The van der Waals surface area contributed by atoms with Gasteiger partial charge in [0.2, 0.25) is 11.7 Å². The Morgan fingerprint density at radius 2 is 2.15 bits per heavy atom. The SMILES string of the molecule is CCNc1ncc2c(n1)N(C)CCN(c1cccc(OC(O)(CCNC)c3ccsc3)c1)C2=O. The Balaban J connectivity index is 1.62. The van der Waals surface area contributed by atoms with Gasteiger partial charge in [0.05, 0.1) is 0 Å². The summed E-state index contributed by atoms with van der Waals surface area (Å²) in [6, 6.07) is 9.12. The van der Waals surface area contributed by atoms with Crippen molar-refractivity contribution in [3.63, 3.8) is 0 Å². The average Bonchev–Trinajstić information content (AvgIpc) is 3.35. The van der Waals surface area contributed by atoms with Crippen LogP contribution in [0.3, 0.4) is 0 Å². The molecule has 0 fully saturated rings. The normalized spacial score (nSPS) is 15.5. The highest BCUT2D eigenvalue weighted by molar-refractivity contribution is 7.08. The number of rotatable bonds is 9. The molecular formula is C24H30N6O3S. The first-order valence-electron chi connectivity index (χ1n) is 11.3. The van der Waals surface area contributed by atoms with E-state index in [-0.39, 0.29) is 5.91 Å². The van der Waals surface area contributed by atoms with Crippen molar-refractivity contribution in [3.8, 4) is 5.75 Å². The molecule has 0 saturated carbocycles. The fourth-order valence-electron chi connectivity index (χ4n) is 3.85. The molecule has 1 aliphatic heterocycles. The number of fused-ring (bicyclic) bond motifs is 1. The molecule has 1 unspecified atom stereocenters. The van der Waals surface area contributed by atoms with Gasteiger partial charge in [-0.3, -0.25) is 4.79 Å². The van der Waals surface area contributed by atoms with Crippen LogP contribution in [0, 0.1) is 0 Å². The zero-order valence-electron chi connectivity index (χ0n) is 19.6. The second-order valence-electron chi connectivity index (χ2n) is 8.09. The molecule has 3 heterocycles. The molecule has 0 radical (unpaired) electrons. The largest absolute Gasteiger partial charge is 0.458 e. The molecular weight excluding hydrogens is 452 g/mol. The van der Waals surface area contributed by atoms with Crippen LogP contribution in [0.2, 0.25) is 0 Å². The number of likely N-dealkylation sites (N-methyl/N-ethyl adjacent to an activating group) is 1. The number of carbonyl (C=O) groups is 1. The third kappa shape index (κ3) is 4.98. The van der Waals surface area contributed by atoms with E-state index in [2.05, 4.69) is 20.6 Å². The highest BCUT2D eigenvalue weighted by Gasteiger charge is 2.33. The van der Waals surface area contributed by atoms with Crippen LogP contribution in [0.4, 0.5) is 17.5 Å². The number of nitrogens with zero attached hydrogens (tertiary/aromatic N) is 4. The molecule has 9 nitrogen and oxygen atoms in total. The summed E-state index contributed by atoms with van der Waals surface area (Å²) in [5.74, 6) is -0.0772. The van der Waals surface area contributed by atoms with E-state index < -0.39 is 5.79 Å². The van der Waals surface area contributed by atoms with E-state index in [0.29, 0.717) is 66.9 Å². The van der Waals surface area contributed by atoms with Crippen molar-refractivity contribution in [3.05, 3.63) is 58.4 Å². The van der Waals surface area contributed by atoms with Crippen molar-refractivity contribution in [2.24, 2.45) is 0 Å². The van der Waals surface area contributed by atoms with Crippen LogP contribution >= 0.6 is 11.3 Å². The van der Waals surface area contributed by atoms with Crippen molar-refractivity contribution in [2.45, 2.75) is 19.1 Å². The lowest BCUT2D eigenvalue weighted by atomic mass is 10.1. The maximum atomic E-state index is 13.5. The van der Waals surface area contributed by atoms with Crippen LogP contribution in [-0.4, -0.2) is 61.3 Å². The molecule has 1 amide bonds. The molecule has 1 atom stereocenters. The van der Waals surface area contributed by atoms with Gasteiger partial charge in [0.1, 0.15) is 17.1 Å². The minimum Gasteiger partial charge on any atom is -0.458 e. The molecule has 1 aliphatic rings. The fraction of sp³-hybridized carbons (Fsp3) is 0.375. The average molecular weight is 483 g/mol. The van der Waals surface area contributed by atoms with Gasteiger partial charge in [-0.05, 0) is 37.6 Å². The monoisotopic (exact) mass is 482 g/mol. The summed E-state index contributed by atoms with van der Waals surface area (Å²) in [5, 5.41) is 21.3. The quantitative estimate of drug-likeness (QED) is 0.400. The second-order valence-corrected chi connectivity index (χ2v) is 8.87. The summed E-state index contributed by atoms with van der Waals surface area (Å²) in [6.07, 6.45) is 1.95. The highest BCUT2D eigenvalue weighted by Crippen LogP contribution is 2.33. The number of hydrogen-bond acceptors (Lipinski definition) is 9. The number of carbonyl (C=O) groups excluding carboxylic acids is 1. The number of amides is 1. The molecule has 0 spiro atoms. The summed E-state index contributed by atoms with van der Waals surface area (Å²) in [7, 11) is 3.75. The van der Waals surface area contributed by atoms with Crippen LogP contribution in [0.25, 0.3) is 0 Å². The van der Waals surface area contributed by atoms with Crippen LogP contribution < -0.4 is 25.2 Å². The minimum absolute atomic E-state index is 0.178. The fourth-order valence-corrected chi connectivity index (χ4v) is 4.57. The number of aromatic nitrogens is 2. The topological polar surface area (TPSA) is 103 Å². The Morgan fingerprint density at radius 3 is 2.88 bits per heavy atom. The number of aliphatic hydroxyl groups is 1. The summed E-state index contributed by atoms with van der Waals surface area (Å²) in [5.41, 5.74) is 1.82. The summed E-state index contributed by atoms with van der Waals surface area (Å²) < 4.78 is 6.12. The molecule has 3 aromatic rings. The lowest BCUT2D eigenvalue weighted by molar-refractivity contribution is -0.150. The smallest absolute Gasteiger partial charge is 0.263 e. The van der Waals surface area contributed by atoms with Gasteiger partial charge < -0.3 is 30.3 Å². The number of hydrogen-bond donors (Lipinski definition) is 3. The molecule has 10 heteroatoms. The van der Waals surface area contributed by atoms with E-state index in [0.717, 1.165) is 0 Å². The van der Waals surface area contributed by atoms with Gasteiger partial charge in [-0.15, -0.1) is 0 Å². The number of anilines is 3. The van der Waals surface area contributed by atoms with Gasteiger partial charge in [0.15, 0.2) is 0 Å². The molecule has 1 aromatic carbocycles. The van der Waals surface area contributed by atoms with Crippen LogP contribution in [0.15, 0.2) is 47.3 Å². The van der Waals surface area contributed by atoms with Gasteiger partial charge in [-0.25, -0.2) is 4.98 Å². The van der Waals surface area contributed by atoms with E-state index in [1.807, 2.05) is 54.9 Å². The van der Waals surface area contributed by atoms with Crippen LogP contribution in [-0.2, 0) is 5.79 Å². The predicted molar refractivity (Wildman–Crippen MR) is 135 cm³/mol. The minimum atomic E-state index is -1.48. The number of thiophene rings is 1. The molecule has 0 bridgehead atoms. The van der Waals surface area contributed by atoms with Gasteiger partial charge in [-0.2, -0.15) is 16.3 Å². The molecule has 3 N–H and O–H groups in total. The second kappa shape index (κ2) is 10.4. The van der Waals surface area contributed by atoms with E-state index in [9.17, 15) is 9.90 Å². The van der Waals surface area contributed by atoms with E-state index in [1.165, 1.54) is 11.3 Å². The molecule has 0 aliphatic carbocycles. The van der Waals surface area contributed by atoms with Crippen molar-refractivity contribution in [1.82, 2.24) is 15.3 Å². The lowest BCUT2D eigenvalue weighted by Crippen LogP contribution is -2.36. The molecule has 34 heavy (non-hydrogen) atoms. The summed E-state index contributed by atoms with van der Waals surface area (Å²) >= 11 is 1.50. The molecule has 4 rings (SSSR count). The molecule has 0 saturated heterocycles.